The molecule has 3 rings (SSSR count). The van der Waals surface area contributed by atoms with Crippen LogP contribution >= 0.6 is 27.7 Å². The molecule has 0 fully saturated rings. The van der Waals surface area contributed by atoms with E-state index in [4.69, 9.17) is 4.42 Å². The quantitative estimate of drug-likeness (QED) is 0.565. The van der Waals surface area contributed by atoms with E-state index in [9.17, 15) is 4.79 Å². The van der Waals surface area contributed by atoms with Crippen LogP contribution in [-0.2, 0) is 4.79 Å². The summed E-state index contributed by atoms with van der Waals surface area (Å²) in [5.41, 5.74) is 5.08. The van der Waals surface area contributed by atoms with E-state index >= 15 is 0 Å². The van der Waals surface area contributed by atoms with Gasteiger partial charge in [-0.1, -0.05) is 33.8 Å². The fourth-order valence-electron chi connectivity index (χ4n) is 2.31. The summed E-state index contributed by atoms with van der Waals surface area (Å²) in [5.74, 6) is 0.533. The molecule has 0 aliphatic carbocycles. The SMILES string of the molecule is Cc1ccc(-c2nnc(SCC(=O)Nc3ccc(Br)c(C)c3)o2)cc1C. The number of aryl methyl sites for hydroxylation is 3. The van der Waals surface area contributed by atoms with Crippen molar-refractivity contribution in [2.24, 2.45) is 0 Å². The van der Waals surface area contributed by atoms with Crippen molar-refractivity contribution in [3.05, 3.63) is 57.6 Å². The van der Waals surface area contributed by atoms with Crippen molar-refractivity contribution < 1.29 is 9.21 Å². The first-order valence-corrected chi connectivity index (χ1v) is 9.80. The molecule has 5 nitrogen and oxygen atoms in total. The molecule has 0 radical (unpaired) electrons. The summed E-state index contributed by atoms with van der Waals surface area (Å²) in [4.78, 5) is 12.1. The Morgan fingerprint density at radius 2 is 1.88 bits per heavy atom. The Balaban J connectivity index is 1.59. The normalized spacial score (nSPS) is 10.8. The Labute approximate surface area is 164 Å². The number of anilines is 1. The summed E-state index contributed by atoms with van der Waals surface area (Å²) >= 11 is 4.66. The molecule has 0 saturated heterocycles. The van der Waals surface area contributed by atoms with Crippen molar-refractivity contribution in [3.63, 3.8) is 0 Å². The van der Waals surface area contributed by atoms with E-state index in [2.05, 4.69) is 38.4 Å². The molecular weight excluding hydrogens is 414 g/mol. The number of aromatic nitrogens is 2. The van der Waals surface area contributed by atoms with Crippen LogP contribution in [0.1, 0.15) is 16.7 Å². The maximum atomic E-state index is 12.1. The molecule has 0 spiro atoms. The van der Waals surface area contributed by atoms with Gasteiger partial charge in [-0.2, -0.15) is 0 Å². The molecule has 1 amide bonds. The summed E-state index contributed by atoms with van der Waals surface area (Å²) in [6.45, 7) is 6.07. The number of rotatable bonds is 5. The third kappa shape index (κ3) is 4.53. The number of hydrogen-bond donors (Lipinski definition) is 1. The lowest BCUT2D eigenvalue weighted by atomic mass is 10.1. The molecule has 0 atom stereocenters. The second-order valence-corrected chi connectivity index (χ2v) is 7.75. The van der Waals surface area contributed by atoms with Gasteiger partial charge in [0, 0.05) is 15.7 Å². The van der Waals surface area contributed by atoms with Gasteiger partial charge in [0.25, 0.3) is 5.22 Å². The van der Waals surface area contributed by atoms with Gasteiger partial charge in [0.15, 0.2) is 0 Å². The molecule has 1 N–H and O–H groups in total. The smallest absolute Gasteiger partial charge is 0.277 e. The number of thioether (sulfide) groups is 1. The number of carbonyl (C=O) groups excluding carboxylic acids is 1. The molecule has 7 heteroatoms. The van der Waals surface area contributed by atoms with Crippen LogP contribution in [0.3, 0.4) is 0 Å². The van der Waals surface area contributed by atoms with Gasteiger partial charge >= 0.3 is 0 Å². The zero-order valence-corrected chi connectivity index (χ0v) is 17.1. The number of nitrogens with one attached hydrogen (secondary N) is 1. The van der Waals surface area contributed by atoms with E-state index in [0.29, 0.717) is 11.1 Å². The standard InChI is InChI=1S/C19H18BrN3O2S/c1-11-4-5-14(8-12(11)2)18-22-23-19(25-18)26-10-17(24)21-15-6-7-16(20)13(3)9-15/h4-9H,10H2,1-3H3,(H,21,24). The topological polar surface area (TPSA) is 68.0 Å². The van der Waals surface area contributed by atoms with Crippen LogP contribution in [-0.4, -0.2) is 21.9 Å². The van der Waals surface area contributed by atoms with Crippen molar-refractivity contribution in [3.8, 4) is 11.5 Å². The van der Waals surface area contributed by atoms with Gasteiger partial charge < -0.3 is 9.73 Å². The summed E-state index contributed by atoms with van der Waals surface area (Å²) in [7, 11) is 0. The molecule has 0 unspecified atom stereocenters. The van der Waals surface area contributed by atoms with Gasteiger partial charge in [-0.3, -0.25) is 4.79 Å². The zero-order valence-electron chi connectivity index (χ0n) is 14.7. The van der Waals surface area contributed by atoms with Gasteiger partial charge in [0.05, 0.1) is 5.75 Å². The maximum absolute atomic E-state index is 12.1. The van der Waals surface area contributed by atoms with E-state index < -0.39 is 0 Å². The number of benzene rings is 2. The van der Waals surface area contributed by atoms with E-state index in [-0.39, 0.29) is 11.7 Å². The molecule has 3 aromatic rings. The minimum Gasteiger partial charge on any atom is -0.411 e. The first kappa shape index (κ1) is 18.7. The number of carbonyl (C=O) groups is 1. The predicted octanol–water partition coefficient (Wildman–Crippen LogP) is 5.16. The highest BCUT2D eigenvalue weighted by atomic mass is 79.9. The Kier molecular flexibility index (Phi) is 5.78. The first-order valence-electron chi connectivity index (χ1n) is 8.02. The monoisotopic (exact) mass is 431 g/mol. The predicted molar refractivity (Wildman–Crippen MR) is 107 cm³/mol. The summed E-state index contributed by atoms with van der Waals surface area (Å²) in [6.07, 6.45) is 0. The number of halogens is 1. The molecule has 0 aliphatic rings. The summed E-state index contributed by atoms with van der Waals surface area (Å²) in [6, 6.07) is 11.7. The Morgan fingerprint density at radius 3 is 2.62 bits per heavy atom. The lowest BCUT2D eigenvalue weighted by molar-refractivity contribution is -0.113. The fourth-order valence-corrected chi connectivity index (χ4v) is 3.12. The van der Waals surface area contributed by atoms with E-state index in [1.54, 1.807) is 0 Å². The molecule has 134 valence electrons. The van der Waals surface area contributed by atoms with Crippen molar-refractivity contribution in [2.75, 3.05) is 11.1 Å². The van der Waals surface area contributed by atoms with Gasteiger partial charge in [-0.05, 0) is 67.8 Å². The van der Waals surface area contributed by atoms with Crippen molar-refractivity contribution in [1.82, 2.24) is 10.2 Å². The molecule has 1 aromatic heterocycles. The highest BCUT2D eigenvalue weighted by Gasteiger charge is 2.12. The number of nitrogens with zero attached hydrogens (tertiary/aromatic N) is 2. The van der Waals surface area contributed by atoms with Crippen LogP contribution in [0.15, 0.2) is 50.5 Å². The van der Waals surface area contributed by atoms with Crippen molar-refractivity contribution >= 4 is 39.3 Å². The fraction of sp³-hybridized carbons (Fsp3) is 0.211. The summed E-state index contributed by atoms with van der Waals surface area (Å²) < 4.78 is 6.66. The largest absolute Gasteiger partial charge is 0.411 e. The van der Waals surface area contributed by atoms with Gasteiger partial charge in [-0.15, -0.1) is 10.2 Å². The second-order valence-electron chi connectivity index (χ2n) is 5.97. The lowest BCUT2D eigenvalue weighted by Gasteiger charge is -2.06. The lowest BCUT2D eigenvalue weighted by Crippen LogP contribution is -2.14. The molecule has 0 aliphatic heterocycles. The highest BCUT2D eigenvalue weighted by Crippen LogP contribution is 2.25. The van der Waals surface area contributed by atoms with Crippen LogP contribution in [0.5, 0.6) is 0 Å². The summed E-state index contributed by atoms with van der Waals surface area (Å²) in [5, 5.41) is 11.3. The van der Waals surface area contributed by atoms with E-state index in [1.165, 1.54) is 22.9 Å². The Bertz CT molecular complexity index is 956. The number of hydrogen-bond acceptors (Lipinski definition) is 5. The molecule has 0 bridgehead atoms. The van der Waals surface area contributed by atoms with Crippen LogP contribution in [0.2, 0.25) is 0 Å². The number of amides is 1. The molecule has 2 aromatic carbocycles. The first-order chi connectivity index (χ1) is 12.4. The van der Waals surface area contributed by atoms with Gasteiger partial charge in [0.1, 0.15) is 0 Å². The minimum atomic E-state index is -0.123. The van der Waals surface area contributed by atoms with Crippen LogP contribution in [0.4, 0.5) is 5.69 Å². The third-order valence-electron chi connectivity index (χ3n) is 3.93. The van der Waals surface area contributed by atoms with Gasteiger partial charge in [-0.25, -0.2) is 0 Å². The van der Waals surface area contributed by atoms with Gasteiger partial charge in [0.2, 0.25) is 11.8 Å². The average molecular weight is 432 g/mol. The van der Waals surface area contributed by atoms with Crippen LogP contribution in [0.25, 0.3) is 11.5 Å². The molecular formula is C19H18BrN3O2S. The molecule has 1 heterocycles. The van der Waals surface area contributed by atoms with Crippen LogP contribution < -0.4 is 5.32 Å². The molecule has 26 heavy (non-hydrogen) atoms. The van der Waals surface area contributed by atoms with Crippen molar-refractivity contribution in [2.45, 2.75) is 26.0 Å². The maximum Gasteiger partial charge on any atom is 0.277 e. The second kappa shape index (κ2) is 8.05. The van der Waals surface area contributed by atoms with Crippen LogP contribution in [0, 0.1) is 20.8 Å². The Hall–Kier alpha value is -2.12. The highest BCUT2D eigenvalue weighted by molar-refractivity contribution is 9.10. The minimum absolute atomic E-state index is 0.123. The Morgan fingerprint density at radius 1 is 1.08 bits per heavy atom. The van der Waals surface area contributed by atoms with E-state index in [0.717, 1.165) is 21.3 Å². The average Bonchev–Trinajstić information content (AvgIpc) is 3.08. The zero-order chi connectivity index (χ0) is 18.7. The molecule has 0 saturated carbocycles. The van der Waals surface area contributed by atoms with Crippen molar-refractivity contribution in [1.29, 1.82) is 0 Å². The third-order valence-corrected chi connectivity index (χ3v) is 5.64. The van der Waals surface area contributed by atoms with E-state index in [1.807, 2.05) is 50.2 Å².